The number of ether oxygens (including phenoxy) is 1. The van der Waals surface area contributed by atoms with Crippen molar-refractivity contribution in [3.05, 3.63) is 42.1 Å². The Morgan fingerprint density at radius 2 is 2.04 bits per heavy atom. The molecule has 0 bridgehead atoms. The lowest BCUT2D eigenvalue weighted by atomic mass is 10.1. The maximum Gasteiger partial charge on any atom is 0.418 e. The van der Waals surface area contributed by atoms with Gasteiger partial charge in [-0.3, -0.25) is 0 Å². The second-order valence-corrected chi connectivity index (χ2v) is 5.45. The Hall–Kier alpha value is -2.35. The summed E-state index contributed by atoms with van der Waals surface area (Å²) >= 11 is 0. The van der Waals surface area contributed by atoms with Crippen LogP contribution in [0.1, 0.15) is 18.4 Å². The molecule has 2 aromatic rings. The molecule has 8 heteroatoms. The van der Waals surface area contributed by atoms with Gasteiger partial charge in [0, 0.05) is 19.3 Å². The Morgan fingerprint density at radius 1 is 1.21 bits per heavy atom. The Balaban J connectivity index is 1.71. The highest BCUT2D eigenvalue weighted by Crippen LogP contribution is 2.35. The topological polar surface area (TPSA) is 59.1 Å². The molecule has 2 N–H and O–H groups in total. The van der Waals surface area contributed by atoms with Crippen LogP contribution in [0.4, 0.5) is 30.6 Å². The summed E-state index contributed by atoms with van der Waals surface area (Å²) in [6.45, 7) is 1.33. The summed E-state index contributed by atoms with van der Waals surface area (Å²) in [5.74, 6) is 0.636. The highest BCUT2D eigenvalue weighted by atomic mass is 19.4. The molecule has 1 aromatic heterocycles. The molecule has 1 aromatic carbocycles. The van der Waals surface area contributed by atoms with Crippen molar-refractivity contribution in [1.29, 1.82) is 0 Å². The molecule has 0 amide bonds. The van der Waals surface area contributed by atoms with E-state index >= 15 is 0 Å². The highest BCUT2D eigenvalue weighted by Gasteiger charge is 2.33. The minimum Gasteiger partial charge on any atom is -0.376 e. The second kappa shape index (κ2) is 7.04. The quantitative estimate of drug-likeness (QED) is 0.868. The van der Waals surface area contributed by atoms with Crippen molar-refractivity contribution < 1.29 is 17.9 Å². The first kappa shape index (κ1) is 16.5. The van der Waals surface area contributed by atoms with Gasteiger partial charge in [0.05, 0.1) is 17.4 Å². The first-order chi connectivity index (χ1) is 11.5. The van der Waals surface area contributed by atoms with Crippen LogP contribution in [0, 0.1) is 0 Å². The number of benzene rings is 1. The van der Waals surface area contributed by atoms with Crippen molar-refractivity contribution in [2.24, 2.45) is 0 Å². The van der Waals surface area contributed by atoms with Gasteiger partial charge in [0.2, 0.25) is 5.95 Å². The summed E-state index contributed by atoms with van der Waals surface area (Å²) in [7, 11) is 0. The number of nitrogens with one attached hydrogen (secondary N) is 2. The van der Waals surface area contributed by atoms with E-state index in [1.807, 2.05) is 0 Å². The molecule has 1 fully saturated rings. The van der Waals surface area contributed by atoms with E-state index in [0.29, 0.717) is 12.5 Å². The van der Waals surface area contributed by atoms with Gasteiger partial charge >= 0.3 is 6.18 Å². The van der Waals surface area contributed by atoms with E-state index in [4.69, 9.17) is 4.74 Å². The maximum absolute atomic E-state index is 13.0. The molecular formula is C16H17F3N4O. The van der Waals surface area contributed by atoms with Gasteiger partial charge < -0.3 is 15.4 Å². The smallest absolute Gasteiger partial charge is 0.376 e. The predicted molar refractivity (Wildman–Crippen MR) is 84.2 cm³/mol. The highest BCUT2D eigenvalue weighted by molar-refractivity contribution is 5.61. The Labute approximate surface area is 137 Å². The zero-order valence-corrected chi connectivity index (χ0v) is 12.8. The summed E-state index contributed by atoms with van der Waals surface area (Å²) in [4.78, 5) is 8.27. The van der Waals surface area contributed by atoms with Crippen molar-refractivity contribution >= 4 is 17.5 Å². The average molecular weight is 338 g/mol. The molecule has 1 aliphatic heterocycles. The molecule has 1 aliphatic rings. The molecule has 1 unspecified atom stereocenters. The molecule has 0 saturated carbocycles. The number of halogens is 3. The number of alkyl halides is 3. The molecule has 0 spiro atoms. The fraction of sp³-hybridized carbons (Fsp3) is 0.375. The van der Waals surface area contributed by atoms with E-state index in [1.54, 1.807) is 0 Å². The van der Waals surface area contributed by atoms with Gasteiger partial charge in [-0.05, 0) is 31.0 Å². The van der Waals surface area contributed by atoms with Gasteiger partial charge in [-0.25, -0.2) is 4.98 Å². The molecule has 3 rings (SSSR count). The third-order valence-corrected chi connectivity index (χ3v) is 3.66. The number of rotatable bonds is 5. The zero-order valence-electron chi connectivity index (χ0n) is 12.8. The SMILES string of the molecule is FC(F)(F)c1ccccc1Nc1ccnc(NCC2CCCO2)n1. The third-order valence-electron chi connectivity index (χ3n) is 3.66. The fourth-order valence-corrected chi connectivity index (χ4v) is 2.50. The van der Waals surface area contributed by atoms with Crippen LogP contribution in [0.25, 0.3) is 0 Å². The Bertz CT molecular complexity index is 687. The molecule has 1 atom stereocenters. The standard InChI is InChI=1S/C16H17F3N4O/c17-16(18,19)12-5-1-2-6-13(12)22-14-7-8-20-15(23-14)21-10-11-4-3-9-24-11/h1-2,5-8,11H,3-4,9-10H2,(H2,20,21,22,23). The number of anilines is 3. The number of hydrogen-bond donors (Lipinski definition) is 2. The number of para-hydroxylation sites is 1. The van der Waals surface area contributed by atoms with Crippen molar-refractivity contribution in [2.45, 2.75) is 25.1 Å². The molecule has 0 aliphatic carbocycles. The lowest BCUT2D eigenvalue weighted by Crippen LogP contribution is -2.19. The van der Waals surface area contributed by atoms with E-state index in [1.165, 1.54) is 30.5 Å². The normalized spacial score (nSPS) is 17.7. The van der Waals surface area contributed by atoms with Gasteiger partial charge in [0.1, 0.15) is 5.82 Å². The van der Waals surface area contributed by atoms with Gasteiger partial charge in [0.15, 0.2) is 0 Å². The van der Waals surface area contributed by atoms with Gasteiger partial charge in [-0.15, -0.1) is 0 Å². The van der Waals surface area contributed by atoms with E-state index in [0.717, 1.165) is 25.5 Å². The molecule has 2 heterocycles. The molecule has 24 heavy (non-hydrogen) atoms. The minimum atomic E-state index is -4.43. The number of hydrogen-bond acceptors (Lipinski definition) is 5. The van der Waals surface area contributed by atoms with Crippen molar-refractivity contribution in [2.75, 3.05) is 23.8 Å². The zero-order chi connectivity index (χ0) is 17.0. The van der Waals surface area contributed by atoms with Gasteiger partial charge in [0.25, 0.3) is 0 Å². The summed E-state index contributed by atoms with van der Waals surface area (Å²) < 4.78 is 44.6. The van der Waals surface area contributed by atoms with E-state index in [9.17, 15) is 13.2 Å². The third kappa shape index (κ3) is 4.14. The fourth-order valence-electron chi connectivity index (χ4n) is 2.50. The Morgan fingerprint density at radius 3 is 2.79 bits per heavy atom. The lowest BCUT2D eigenvalue weighted by molar-refractivity contribution is -0.136. The number of nitrogens with zero attached hydrogens (tertiary/aromatic N) is 2. The summed E-state index contributed by atoms with van der Waals surface area (Å²) in [6.07, 6.45) is -0.815. The van der Waals surface area contributed by atoms with Crippen LogP contribution >= 0.6 is 0 Å². The monoisotopic (exact) mass is 338 g/mol. The first-order valence-corrected chi connectivity index (χ1v) is 7.64. The van der Waals surface area contributed by atoms with Crippen LogP contribution in [-0.2, 0) is 10.9 Å². The number of aromatic nitrogens is 2. The van der Waals surface area contributed by atoms with Crippen LogP contribution in [-0.4, -0.2) is 29.2 Å². The van der Waals surface area contributed by atoms with E-state index in [-0.39, 0.29) is 17.6 Å². The first-order valence-electron chi connectivity index (χ1n) is 7.64. The van der Waals surface area contributed by atoms with Crippen molar-refractivity contribution in [3.8, 4) is 0 Å². The largest absolute Gasteiger partial charge is 0.418 e. The Kier molecular flexibility index (Phi) is 4.84. The van der Waals surface area contributed by atoms with Crippen LogP contribution < -0.4 is 10.6 Å². The molecule has 1 saturated heterocycles. The van der Waals surface area contributed by atoms with Crippen molar-refractivity contribution in [3.63, 3.8) is 0 Å². The molecular weight excluding hydrogens is 321 g/mol. The summed E-state index contributed by atoms with van der Waals surface area (Å²) in [6, 6.07) is 6.80. The maximum atomic E-state index is 13.0. The van der Waals surface area contributed by atoms with E-state index in [2.05, 4.69) is 20.6 Å². The molecule has 128 valence electrons. The summed E-state index contributed by atoms with van der Waals surface area (Å²) in [5.41, 5.74) is -0.786. The minimum absolute atomic E-state index is 0.0474. The molecule has 5 nitrogen and oxygen atoms in total. The van der Waals surface area contributed by atoms with Crippen LogP contribution in [0.15, 0.2) is 36.5 Å². The van der Waals surface area contributed by atoms with Crippen LogP contribution in [0.5, 0.6) is 0 Å². The van der Waals surface area contributed by atoms with Crippen LogP contribution in [0.2, 0.25) is 0 Å². The van der Waals surface area contributed by atoms with Crippen LogP contribution in [0.3, 0.4) is 0 Å². The average Bonchev–Trinajstić information content (AvgIpc) is 3.06. The second-order valence-electron chi connectivity index (χ2n) is 5.45. The predicted octanol–water partition coefficient (Wildman–Crippen LogP) is 3.83. The lowest BCUT2D eigenvalue weighted by Gasteiger charge is -2.15. The summed E-state index contributed by atoms with van der Waals surface area (Å²) in [5, 5.41) is 5.75. The van der Waals surface area contributed by atoms with Crippen molar-refractivity contribution in [1.82, 2.24) is 9.97 Å². The van der Waals surface area contributed by atoms with Gasteiger partial charge in [-0.2, -0.15) is 18.2 Å². The van der Waals surface area contributed by atoms with E-state index < -0.39 is 11.7 Å². The molecule has 0 radical (unpaired) electrons. The van der Waals surface area contributed by atoms with Gasteiger partial charge in [-0.1, -0.05) is 12.1 Å².